The van der Waals surface area contributed by atoms with Crippen LogP contribution >= 0.6 is 11.6 Å². The molecule has 0 N–H and O–H groups in total. The Balaban J connectivity index is 1.37. The average Bonchev–Trinajstić information content (AvgIpc) is 3.10. The molecule has 35 heavy (non-hydrogen) atoms. The molecule has 2 aliphatic rings. The van der Waals surface area contributed by atoms with Crippen molar-refractivity contribution in [1.29, 1.82) is 0 Å². The van der Waals surface area contributed by atoms with Gasteiger partial charge in [0.1, 0.15) is 18.5 Å². The number of piperazine rings is 1. The molecule has 1 fully saturated rings. The smallest absolute Gasteiger partial charge is 0.311 e. The van der Waals surface area contributed by atoms with Crippen LogP contribution in [0.3, 0.4) is 0 Å². The number of benzene rings is 2. The van der Waals surface area contributed by atoms with E-state index in [0.29, 0.717) is 18.7 Å². The zero-order valence-corrected chi connectivity index (χ0v) is 21.7. The number of esters is 1. The quantitative estimate of drug-likeness (QED) is 0.536. The summed E-state index contributed by atoms with van der Waals surface area (Å²) in [7, 11) is 1.78. The Morgan fingerprint density at radius 3 is 2.40 bits per heavy atom. The van der Waals surface area contributed by atoms with E-state index in [2.05, 4.69) is 9.80 Å². The molecule has 1 saturated heterocycles. The first-order valence-corrected chi connectivity index (χ1v) is 12.4. The van der Waals surface area contributed by atoms with Crippen molar-refractivity contribution in [3.8, 4) is 5.75 Å². The number of anilines is 2. The Kier molecular flexibility index (Phi) is 7.57. The number of amides is 1. The zero-order valence-electron chi connectivity index (χ0n) is 20.9. The number of hydrogen-bond donors (Lipinski definition) is 0. The van der Waals surface area contributed by atoms with E-state index in [-0.39, 0.29) is 18.5 Å². The fourth-order valence-corrected chi connectivity index (χ4v) is 4.43. The molecular formula is C27H34ClN3O4. The molecule has 8 heteroatoms. The Morgan fingerprint density at radius 1 is 1.06 bits per heavy atom. The largest absolute Gasteiger partial charge is 0.490 e. The van der Waals surface area contributed by atoms with Crippen LogP contribution in [-0.4, -0.2) is 69.3 Å². The molecule has 2 aromatic carbocycles. The summed E-state index contributed by atoms with van der Waals surface area (Å²) in [5.74, 6) is 0.509. The van der Waals surface area contributed by atoms with Gasteiger partial charge in [0.15, 0.2) is 0 Å². The Labute approximate surface area is 212 Å². The molecule has 0 radical (unpaired) electrons. The number of rotatable bonds is 7. The normalized spacial score (nSPS) is 17.3. The van der Waals surface area contributed by atoms with Crippen LogP contribution in [0.1, 0.15) is 26.3 Å². The first-order chi connectivity index (χ1) is 16.6. The second-order valence-corrected chi connectivity index (χ2v) is 10.7. The number of carbonyl (C=O) groups is 2. The number of nitrogens with zero attached hydrogens (tertiary/aromatic N) is 3. The molecule has 4 rings (SSSR count). The van der Waals surface area contributed by atoms with E-state index < -0.39 is 11.5 Å². The van der Waals surface area contributed by atoms with Gasteiger partial charge in [0.05, 0.1) is 11.8 Å². The van der Waals surface area contributed by atoms with Gasteiger partial charge in [-0.15, -0.1) is 0 Å². The highest BCUT2D eigenvalue weighted by Crippen LogP contribution is 2.31. The van der Waals surface area contributed by atoms with E-state index in [1.54, 1.807) is 11.9 Å². The lowest BCUT2D eigenvalue weighted by molar-refractivity contribution is -0.161. The standard InChI is InChI=1S/C27H34ClN3O4/c1-27(2,3)26(33)35-23(18-34-22-9-10-24-19(15-22)16-25(32)29(24)4)17-30-11-13-31(14-12-30)21-7-5-20(28)6-8-21/h5-10,15,23H,11-14,16-18H2,1-4H3. The van der Waals surface area contributed by atoms with Crippen molar-refractivity contribution in [1.82, 2.24) is 4.90 Å². The number of hydrogen-bond acceptors (Lipinski definition) is 6. The SMILES string of the molecule is CN1C(=O)Cc2cc(OCC(CN3CCN(c4ccc(Cl)cc4)CC3)OC(=O)C(C)(C)C)ccc21. The van der Waals surface area contributed by atoms with Gasteiger partial charge in [-0.2, -0.15) is 0 Å². The molecule has 188 valence electrons. The lowest BCUT2D eigenvalue weighted by Crippen LogP contribution is -2.50. The predicted octanol–water partition coefficient (Wildman–Crippen LogP) is 4.02. The second-order valence-electron chi connectivity index (χ2n) is 10.3. The monoisotopic (exact) mass is 499 g/mol. The van der Waals surface area contributed by atoms with E-state index in [4.69, 9.17) is 21.1 Å². The molecule has 1 unspecified atom stereocenters. The number of likely N-dealkylation sites (N-methyl/N-ethyl adjacent to an activating group) is 1. The number of ether oxygens (including phenoxy) is 2. The molecular weight excluding hydrogens is 466 g/mol. The summed E-state index contributed by atoms with van der Waals surface area (Å²) in [6.07, 6.45) is -0.0232. The van der Waals surface area contributed by atoms with E-state index in [9.17, 15) is 9.59 Å². The maximum atomic E-state index is 12.7. The van der Waals surface area contributed by atoms with Gasteiger partial charge in [-0.05, 0) is 68.8 Å². The minimum atomic E-state index is -0.593. The summed E-state index contributed by atoms with van der Waals surface area (Å²) in [5.41, 5.74) is 2.44. The van der Waals surface area contributed by atoms with Gasteiger partial charge >= 0.3 is 5.97 Å². The average molecular weight is 500 g/mol. The third-order valence-electron chi connectivity index (χ3n) is 6.48. The summed E-state index contributed by atoms with van der Waals surface area (Å²) in [6, 6.07) is 13.6. The highest BCUT2D eigenvalue weighted by Gasteiger charge is 2.29. The van der Waals surface area contributed by atoms with Gasteiger partial charge in [0.2, 0.25) is 5.91 Å². The van der Waals surface area contributed by atoms with Crippen LogP contribution in [0.5, 0.6) is 5.75 Å². The van der Waals surface area contributed by atoms with Crippen LogP contribution in [0.4, 0.5) is 11.4 Å². The maximum absolute atomic E-state index is 12.7. The molecule has 7 nitrogen and oxygen atoms in total. The second kappa shape index (κ2) is 10.5. The molecule has 1 amide bonds. The number of carbonyl (C=O) groups excluding carboxylic acids is 2. The third kappa shape index (κ3) is 6.27. The summed E-state index contributed by atoms with van der Waals surface area (Å²) in [5, 5.41) is 0.734. The molecule has 0 aliphatic carbocycles. The van der Waals surface area contributed by atoms with Crippen LogP contribution in [0, 0.1) is 5.41 Å². The number of halogens is 1. The van der Waals surface area contributed by atoms with Crippen LogP contribution < -0.4 is 14.5 Å². The van der Waals surface area contributed by atoms with Crippen molar-refractivity contribution in [2.75, 3.05) is 56.2 Å². The van der Waals surface area contributed by atoms with E-state index in [1.807, 2.05) is 63.2 Å². The molecule has 0 bridgehead atoms. The predicted molar refractivity (Wildman–Crippen MR) is 138 cm³/mol. The van der Waals surface area contributed by atoms with E-state index >= 15 is 0 Å². The molecule has 2 heterocycles. The molecule has 0 aromatic heterocycles. The molecule has 2 aromatic rings. The fraction of sp³-hybridized carbons (Fsp3) is 0.481. The van der Waals surface area contributed by atoms with E-state index in [0.717, 1.165) is 48.1 Å². The highest BCUT2D eigenvalue weighted by atomic mass is 35.5. The van der Waals surface area contributed by atoms with Gasteiger partial charge in [0.25, 0.3) is 0 Å². The molecule has 0 saturated carbocycles. The Morgan fingerprint density at radius 2 is 1.74 bits per heavy atom. The zero-order chi connectivity index (χ0) is 25.2. The van der Waals surface area contributed by atoms with Crippen molar-refractivity contribution in [2.24, 2.45) is 5.41 Å². The first-order valence-electron chi connectivity index (χ1n) is 12.1. The minimum Gasteiger partial charge on any atom is -0.490 e. The number of fused-ring (bicyclic) bond motifs is 1. The van der Waals surface area contributed by atoms with Crippen molar-refractivity contribution in [2.45, 2.75) is 33.3 Å². The highest BCUT2D eigenvalue weighted by molar-refractivity contribution is 6.30. The van der Waals surface area contributed by atoms with Gasteiger partial charge in [-0.25, -0.2) is 0 Å². The molecule has 1 atom stereocenters. The lowest BCUT2D eigenvalue weighted by atomic mass is 9.97. The van der Waals surface area contributed by atoms with Crippen LogP contribution in [-0.2, 0) is 20.7 Å². The molecule has 2 aliphatic heterocycles. The summed E-state index contributed by atoms with van der Waals surface area (Å²) in [4.78, 5) is 31.0. The van der Waals surface area contributed by atoms with Crippen molar-refractivity contribution in [3.05, 3.63) is 53.1 Å². The van der Waals surface area contributed by atoms with Gasteiger partial charge in [0, 0.05) is 56.2 Å². The van der Waals surface area contributed by atoms with Gasteiger partial charge in [-0.3, -0.25) is 14.5 Å². The molecule has 0 spiro atoms. The van der Waals surface area contributed by atoms with Crippen LogP contribution in [0.2, 0.25) is 5.02 Å². The maximum Gasteiger partial charge on any atom is 0.311 e. The van der Waals surface area contributed by atoms with Gasteiger partial charge in [-0.1, -0.05) is 11.6 Å². The first kappa shape index (κ1) is 25.3. The van der Waals surface area contributed by atoms with Crippen molar-refractivity contribution < 1.29 is 19.1 Å². The lowest BCUT2D eigenvalue weighted by Gasteiger charge is -2.37. The fourth-order valence-electron chi connectivity index (χ4n) is 4.31. The van der Waals surface area contributed by atoms with Crippen molar-refractivity contribution >= 4 is 34.9 Å². The van der Waals surface area contributed by atoms with E-state index in [1.165, 1.54) is 0 Å². The Bertz CT molecular complexity index is 1060. The van der Waals surface area contributed by atoms with Gasteiger partial charge < -0.3 is 19.3 Å². The van der Waals surface area contributed by atoms with Crippen LogP contribution in [0.15, 0.2) is 42.5 Å². The summed E-state index contributed by atoms with van der Waals surface area (Å²) >= 11 is 6.02. The van der Waals surface area contributed by atoms with Crippen LogP contribution in [0.25, 0.3) is 0 Å². The summed E-state index contributed by atoms with van der Waals surface area (Å²) < 4.78 is 12.0. The Hall–Kier alpha value is -2.77. The minimum absolute atomic E-state index is 0.0758. The third-order valence-corrected chi connectivity index (χ3v) is 6.73. The van der Waals surface area contributed by atoms with Crippen molar-refractivity contribution in [3.63, 3.8) is 0 Å². The summed E-state index contributed by atoms with van der Waals surface area (Å²) in [6.45, 7) is 9.90. The topological polar surface area (TPSA) is 62.3 Å².